The maximum absolute atomic E-state index is 13.9. The van der Waals surface area contributed by atoms with Crippen LogP contribution in [-0.4, -0.2) is 23.0 Å². The second-order valence-corrected chi connectivity index (χ2v) is 9.22. The van der Waals surface area contributed by atoms with Crippen LogP contribution in [0.2, 0.25) is 5.02 Å². The Morgan fingerprint density at radius 3 is 2.12 bits per heavy atom. The van der Waals surface area contributed by atoms with E-state index in [1.54, 1.807) is 6.92 Å². The molecule has 0 spiro atoms. The van der Waals surface area contributed by atoms with Crippen molar-refractivity contribution in [3.8, 4) is 0 Å². The van der Waals surface area contributed by atoms with Gasteiger partial charge in [-0.2, -0.15) is 0 Å². The van der Waals surface area contributed by atoms with E-state index >= 15 is 0 Å². The number of amides is 2. The molecule has 3 aliphatic carbocycles. The second-order valence-electron chi connectivity index (χ2n) is 8.81. The molecule has 1 aliphatic heterocycles. The lowest BCUT2D eigenvalue weighted by Crippen LogP contribution is -2.58. The van der Waals surface area contributed by atoms with Gasteiger partial charge in [-0.05, 0) is 47.4 Å². The van der Waals surface area contributed by atoms with Crippen LogP contribution in [0.25, 0.3) is 0 Å². The number of carbonyl (C=O) groups is 2. The number of imide groups is 1. The van der Waals surface area contributed by atoms with Crippen molar-refractivity contribution in [2.24, 2.45) is 11.8 Å². The third-order valence-corrected chi connectivity index (χ3v) is 7.79. The topological polar surface area (TPSA) is 57.6 Å². The van der Waals surface area contributed by atoms with E-state index in [1.807, 2.05) is 48.5 Å². The van der Waals surface area contributed by atoms with E-state index in [2.05, 4.69) is 0 Å². The van der Waals surface area contributed by atoms with Crippen LogP contribution in [0.4, 0.5) is 10.1 Å². The van der Waals surface area contributed by atoms with Gasteiger partial charge in [0.1, 0.15) is 5.82 Å². The first-order valence-corrected chi connectivity index (χ1v) is 11.0. The quantitative estimate of drug-likeness (QED) is 0.592. The van der Waals surface area contributed by atoms with E-state index in [0.717, 1.165) is 33.2 Å². The van der Waals surface area contributed by atoms with Gasteiger partial charge in [-0.25, -0.2) is 9.29 Å². The predicted octanol–water partition coefficient (Wildman–Crippen LogP) is 4.41. The molecule has 7 rings (SSSR count). The third kappa shape index (κ3) is 2.15. The van der Waals surface area contributed by atoms with Crippen molar-refractivity contribution in [2.75, 3.05) is 4.90 Å². The van der Waals surface area contributed by atoms with E-state index in [1.165, 1.54) is 12.1 Å². The van der Waals surface area contributed by atoms with Crippen LogP contribution in [0, 0.1) is 17.7 Å². The molecule has 4 nitrogen and oxygen atoms in total. The minimum atomic E-state index is -1.06. The molecule has 32 heavy (non-hydrogen) atoms. The zero-order valence-corrected chi connectivity index (χ0v) is 17.9. The molecule has 0 aromatic heterocycles. The number of nitrogens with zero attached hydrogens (tertiary/aromatic N) is 1. The van der Waals surface area contributed by atoms with Crippen LogP contribution in [0.1, 0.15) is 35.1 Å². The summed E-state index contributed by atoms with van der Waals surface area (Å²) in [5, 5.41) is 11.1. The van der Waals surface area contributed by atoms with Gasteiger partial charge in [-0.15, -0.1) is 0 Å². The summed E-state index contributed by atoms with van der Waals surface area (Å²) in [6.45, 7) is 1.69. The van der Waals surface area contributed by atoms with Crippen LogP contribution in [-0.2, 0) is 15.0 Å². The Bertz CT molecular complexity index is 1270. The van der Waals surface area contributed by atoms with Crippen LogP contribution in [0.3, 0.4) is 0 Å². The van der Waals surface area contributed by atoms with Gasteiger partial charge in [0.15, 0.2) is 0 Å². The fourth-order valence-corrected chi connectivity index (χ4v) is 6.59. The number of aliphatic hydroxyl groups is 1. The Hall–Kier alpha value is -3.02. The first-order chi connectivity index (χ1) is 15.4. The lowest BCUT2D eigenvalue weighted by molar-refractivity contribution is -0.126. The summed E-state index contributed by atoms with van der Waals surface area (Å²) >= 11 is 5.97. The smallest absolute Gasteiger partial charge is 0.239 e. The molecule has 160 valence electrons. The highest BCUT2D eigenvalue weighted by atomic mass is 35.5. The minimum absolute atomic E-state index is 0.155. The summed E-state index contributed by atoms with van der Waals surface area (Å²) in [7, 11) is 0. The summed E-state index contributed by atoms with van der Waals surface area (Å²) in [6.07, 6.45) is -0.924. The highest BCUT2D eigenvalue weighted by molar-refractivity contribution is 6.31. The Morgan fingerprint density at radius 1 is 0.969 bits per heavy atom. The van der Waals surface area contributed by atoms with E-state index in [9.17, 15) is 19.1 Å². The molecule has 4 aliphatic rings. The molecule has 1 N–H and O–H groups in total. The van der Waals surface area contributed by atoms with Gasteiger partial charge in [0, 0.05) is 5.92 Å². The molecule has 2 amide bonds. The van der Waals surface area contributed by atoms with Gasteiger partial charge >= 0.3 is 0 Å². The number of anilines is 1. The Balaban J connectivity index is 1.65. The average molecular weight is 448 g/mol. The molecular formula is C26H19ClFNO3. The summed E-state index contributed by atoms with van der Waals surface area (Å²) in [5.41, 5.74) is 2.90. The number of hydrogen-bond donors (Lipinski definition) is 1. The molecule has 3 unspecified atom stereocenters. The first-order valence-electron chi connectivity index (χ1n) is 10.6. The minimum Gasteiger partial charge on any atom is -0.392 e. The summed E-state index contributed by atoms with van der Waals surface area (Å²) in [6, 6.07) is 19.4. The van der Waals surface area contributed by atoms with E-state index in [4.69, 9.17) is 11.6 Å². The lowest BCUT2D eigenvalue weighted by Gasteiger charge is -2.55. The van der Waals surface area contributed by atoms with E-state index in [0.29, 0.717) is 0 Å². The fourth-order valence-electron chi connectivity index (χ4n) is 6.42. The van der Waals surface area contributed by atoms with Gasteiger partial charge in [0.25, 0.3) is 0 Å². The van der Waals surface area contributed by atoms with Crippen molar-refractivity contribution in [3.05, 3.63) is 99.8 Å². The number of aliphatic hydroxyl groups excluding tert-OH is 1. The molecule has 1 saturated heterocycles. The van der Waals surface area contributed by atoms with E-state index in [-0.39, 0.29) is 22.5 Å². The number of benzene rings is 3. The van der Waals surface area contributed by atoms with Crippen molar-refractivity contribution in [3.63, 3.8) is 0 Å². The molecule has 3 aromatic carbocycles. The summed E-state index contributed by atoms with van der Waals surface area (Å²) < 4.78 is 13.8. The number of carbonyl (C=O) groups excluding carboxylic acids is 2. The van der Waals surface area contributed by atoms with Gasteiger partial charge < -0.3 is 5.11 Å². The SMILES string of the molecule is CC(O)C12c3ccccc3C(c3ccccc31)C1C(=O)N(c3ccc(F)c(Cl)c3)C(=O)C12. The van der Waals surface area contributed by atoms with Crippen LogP contribution >= 0.6 is 11.6 Å². The van der Waals surface area contributed by atoms with E-state index < -0.39 is 35.1 Å². The maximum Gasteiger partial charge on any atom is 0.239 e. The first kappa shape index (κ1) is 19.6. The Kier molecular flexibility index (Phi) is 3.99. The van der Waals surface area contributed by atoms with Crippen molar-refractivity contribution in [1.29, 1.82) is 0 Å². The summed E-state index contributed by atoms with van der Waals surface area (Å²) in [5.74, 6) is -3.09. The zero-order chi connectivity index (χ0) is 22.4. The van der Waals surface area contributed by atoms with Crippen LogP contribution < -0.4 is 4.90 Å². The number of halogens is 2. The average Bonchev–Trinajstić information content (AvgIpc) is 3.06. The van der Waals surface area contributed by atoms with Crippen molar-refractivity contribution in [1.82, 2.24) is 0 Å². The van der Waals surface area contributed by atoms with Gasteiger partial charge in [-0.1, -0.05) is 60.1 Å². The normalized spacial score (nSPS) is 28.4. The van der Waals surface area contributed by atoms with Crippen molar-refractivity contribution in [2.45, 2.75) is 24.4 Å². The highest BCUT2D eigenvalue weighted by Gasteiger charge is 2.69. The summed E-state index contributed by atoms with van der Waals surface area (Å²) in [4.78, 5) is 28.9. The number of rotatable bonds is 2. The molecule has 6 heteroatoms. The largest absolute Gasteiger partial charge is 0.392 e. The molecular weight excluding hydrogens is 429 g/mol. The van der Waals surface area contributed by atoms with Crippen molar-refractivity contribution < 1.29 is 19.1 Å². The monoisotopic (exact) mass is 447 g/mol. The molecule has 3 atom stereocenters. The zero-order valence-electron chi connectivity index (χ0n) is 17.1. The fraction of sp³-hybridized carbons (Fsp3) is 0.231. The standard InChI is InChI=1S/C26H19ClFNO3/c1-13(30)26-17-8-4-2-6-15(17)21(16-7-3-5-9-18(16)26)22-23(26)25(32)29(24(22)31)14-10-11-20(28)19(27)12-14/h2-13,21-23,30H,1H3. The van der Waals surface area contributed by atoms with Crippen LogP contribution in [0.5, 0.6) is 0 Å². The molecule has 0 radical (unpaired) electrons. The lowest BCUT2D eigenvalue weighted by atomic mass is 9.46. The number of hydrogen-bond acceptors (Lipinski definition) is 3. The van der Waals surface area contributed by atoms with Gasteiger partial charge in [0.2, 0.25) is 11.8 Å². The van der Waals surface area contributed by atoms with Gasteiger partial charge in [0.05, 0.1) is 34.1 Å². The van der Waals surface area contributed by atoms with Crippen LogP contribution in [0.15, 0.2) is 66.7 Å². The molecule has 0 saturated carbocycles. The molecule has 2 bridgehead atoms. The molecule has 1 fully saturated rings. The second kappa shape index (κ2) is 6.50. The Labute approximate surface area is 189 Å². The highest BCUT2D eigenvalue weighted by Crippen LogP contribution is 2.65. The molecule has 3 aromatic rings. The predicted molar refractivity (Wildman–Crippen MR) is 118 cm³/mol. The van der Waals surface area contributed by atoms with Crippen molar-refractivity contribution >= 4 is 29.1 Å². The maximum atomic E-state index is 13.9. The van der Waals surface area contributed by atoms with Gasteiger partial charge in [-0.3, -0.25) is 9.59 Å². The molecule has 1 heterocycles. The Morgan fingerprint density at radius 2 is 1.56 bits per heavy atom. The third-order valence-electron chi connectivity index (χ3n) is 7.50.